The second kappa shape index (κ2) is 5.92. The van der Waals surface area contributed by atoms with Crippen LogP contribution in [0.25, 0.3) is 0 Å². The Hall–Kier alpha value is -2.15. The number of amides is 1. The molecular formula is C15H19N3O4. The third-order valence-electron chi connectivity index (χ3n) is 4.06. The average Bonchev–Trinajstić information content (AvgIpc) is 3.19. The molecule has 22 heavy (non-hydrogen) atoms. The predicted octanol–water partition coefficient (Wildman–Crippen LogP) is 1.61. The van der Waals surface area contributed by atoms with Crippen molar-refractivity contribution in [2.24, 2.45) is 5.92 Å². The molecule has 2 aromatic rings. The Labute approximate surface area is 128 Å². The zero-order valence-electron chi connectivity index (χ0n) is 12.9. The van der Waals surface area contributed by atoms with Crippen molar-refractivity contribution in [3.05, 3.63) is 35.4 Å². The van der Waals surface area contributed by atoms with Crippen LogP contribution in [0.15, 0.2) is 21.4 Å². The number of rotatable bonds is 4. The van der Waals surface area contributed by atoms with Crippen molar-refractivity contribution in [1.29, 1.82) is 0 Å². The first-order chi connectivity index (χ1) is 10.6. The average molecular weight is 305 g/mol. The Morgan fingerprint density at radius 3 is 2.86 bits per heavy atom. The van der Waals surface area contributed by atoms with Gasteiger partial charge in [0.2, 0.25) is 0 Å². The number of ether oxygens (including phenoxy) is 1. The zero-order chi connectivity index (χ0) is 15.7. The van der Waals surface area contributed by atoms with Gasteiger partial charge in [-0.25, -0.2) is 4.98 Å². The van der Waals surface area contributed by atoms with Crippen LogP contribution >= 0.6 is 0 Å². The second-order valence-electron chi connectivity index (χ2n) is 5.64. The maximum Gasteiger partial charge on any atom is 0.276 e. The standard InChI is InChI=1S/C15H19N3O4/c1-9-4-12(22-17-9)5-11-6-18(7-13(11)20-3)15(19)14-10(2)21-8-16-14/h4,8,11,13H,5-7H2,1-3H3/t11-,13+/m1/s1. The number of oxazole rings is 1. The number of carbonyl (C=O) groups excluding carboxylic acids is 1. The highest BCUT2D eigenvalue weighted by molar-refractivity contribution is 5.93. The summed E-state index contributed by atoms with van der Waals surface area (Å²) in [4.78, 5) is 18.3. The van der Waals surface area contributed by atoms with E-state index < -0.39 is 0 Å². The van der Waals surface area contributed by atoms with Crippen LogP contribution in [0.2, 0.25) is 0 Å². The van der Waals surface area contributed by atoms with Crippen molar-refractivity contribution in [1.82, 2.24) is 15.0 Å². The van der Waals surface area contributed by atoms with Crippen LogP contribution in [0.4, 0.5) is 0 Å². The largest absolute Gasteiger partial charge is 0.448 e. The Morgan fingerprint density at radius 2 is 2.27 bits per heavy atom. The lowest BCUT2D eigenvalue weighted by molar-refractivity contribution is 0.0668. The van der Waals surface area contributed by atoms with Crippen molar-refractivity contribution in [3.8, 4) is 0 Å². The quantitative estimate of drug-likeness (QED) is 0.853. The summed E-state index contributed by atoms with van der Waals surface area (Å²) in [5, 5.41) is 3.90. The first-order valence-electron chi connectivity index (χ1n) is 7.23. The van der Waals surface area contributed by atoms with Gasteiger partial charge in [-0.1, -0.05) is 5.16 Å². The Balaban J connectivity index is 1.71. The third kappa shape index (κ3) is 2.76. The Morgan fingerprint density at radius 1 is 1.45 bits per heavy atom. The number of aromatic nitrogens is 2. The van der Waals surface area contributed by atoms with E-state index in [9.17, 15) is 4.79 Å². The molecule has 0 N–H and O–H groups in total. The molecule has 1 fully saturated rings. The topological polar surface area (TPSA) is 81.6 Å². The minimum Gasteiger partial charge on any atom is -0.448 e. The molecule has 0 spiro atoms. The molecule has 2 atom stereocenters. The molecule has 2 aromatic heterocycles. The third-order valence-corrected chi connectivity index (χ3v) is 4.06. The lowest BCUT2D eigenvalue weighted by atomic mass is 10.0. The molecular weight excluding hydrogens is 286 g/mol. The molecule has 3 rings (SSSR count). The maximum atomic E-state index is 12.5. The van der Waals surface area contributed by atoms with Crippen LogP contribution < -0.4 is 0 Å². The summed E-state index contributed by atoms with van der Waals surface area (Å²) in [5.41, 5.74) is 1.22. The molecule has 0 radical (unpaired) electrons. The molecule has 1 amide bonds. The zero-order valence-corrected chi connectivity index (χ0v) is 12.9. The molecule has 0 aliphatic carbocycles. The maximum absolute atomic E-state index is 12.5. The Bertz CT molecular complexity index is 663. The summed E-state index contributed by atoms with van der Waals surface area (Å²) in [6.45, 7) is 4.76. The van der Waals surface area contributed by atoms with Crippen LogP contribution in [0.1, 0.15) is 27.7 Å². The number of likely N-dealkylation sites (tertiary alicyclic amines) is 1. The van der Waals surface area contributed by atoms with Crippen LogP contribution in [0, 0.1) is 19.8 Å². The fourth-order valence-electron chi connectivity index (χ4n) is 2.90. The number of hydrogen-bond acceptors (Lipinski definition) is 6. The van der Waals surface area contributed by atoms with E-state index >= 15 is 0 Å². The minimum absolute atomic E-state index is 0.0263. The van der Waals surface area contributed by atoms with Gasteiger partial charge in [0.05, 0.1) is 11.8 Å². The van der Waals surface area contributed by atoms with Gasteiger partial charge in [-0.15, -0.1) is 0 Å². The first-order valence-corrected chi connectivity index (χ1v) is 7.23. The van der Waals surface area contributed by atoms with Gasteiger partial charge in [0, 0.05) is 38.6 Å². The molecule has 1 saturated heterocycles. The summed E-state index contributed by atoms with van der Waals surface area (Å²) < 4.78 is 15.9. The van der Waals surface area contributed by atoms with Crippen molar-refractivity contribution in [2.75, 3.05) is 20.2 Å². The molecule has 0 unspecified atom stereocenters. The molecule has 3 heterocycles. The van der Waals surface area contributed by atoms with Crippen molar-refractivity contribution < 1.29 is 18.5 Å². The lowest BCUT2D eigenvalue weighted by Gasteiger charge is -2.14. The molecule has 7 nitrogen and oxygen atoms in total. The summed E-state index contributed by atoms with van der Waals surface area (Å²) in [7, 11) is 1.67. The summed E-state index contributed by atoms with van der Waals surface area (Å²) in [6.07, 6.45) is 1.96. The van der Waals surface area contributed by atoms with Crippen molar-refractivity contribution in [3.63, 3.8) is 0 Å². The van der Waals surface area contributed by atoms with Gasteiger partial charge >= 0.3 is 0 Å². The molecule has 7 heteroatoms. The molecule has 0 saturated carbocycles. The van der Waals surface area contributed by atoms with Crippen LogP contribution in [-0.2, 0) is 11.2 Å². The van der Waals surface area contributed by atoms with Gasteiger partial charge in [-0.2, -0.15) is 0 Å². The van der Waals surface area contributed by atoms with E-state index in [1.54, 1.807) is 18.9 Å². The minimum atomic E-state index is -0.121. The fourth-order valence-corrected chi connectivity index (χ4v) is 2.90. The highest BCUT2D eigenvalue weighted by Gasteiger charge is 2.37. The molecule has 0 aromatic carbocycles. The van der Waals surface area contributed by atoms with Crippen molar-refractivity contribution >= 4 is 5.91 Å². The molecule has 1 aliphatic heterocycles. The highest BCUT2D eigenvalue weighted by atomic mass is 16.5. The van der Waals surface area contributed by atoms with Crippen LogP contribution in [0.3, 0.4) is 0 Å². The normalized spacial score (nSPS) is 21.5. The van der Waals surface area contributed by atoms with E-state index in [0.717, 1.165) is 11.5 Å². The number of aryl methyl sites for hydroxylation is 2. The highest BCUT2D eigenvalue weighted by Crippen LogP contribution is 2.25. The van der Waals surface area contributed by atoms with Gasteiger partial charge in [-0.3, -0.25) is 4.79 Å². The predicted molar refractivity (Wildman–Crippen MR) is 76.4 cm³/mol. The van der Waals surface area contributed by atoms with Gasteiger partial charge in [0.25, 0.3) is 5.91 Å². The molecule has 118 valence electrons. The lowest BCUT2D eigenvalue weighted by Crippen LogP contribution is -2.30. The van der Waals surface area contributed by atoms with Gasteiger partial charge in [0.1, 0.15) is 11.5 Å². The summed E-state index contributed by atoms with van der Waals surface area (Å²) in [5.74, 6) is 1.41. The number of nitrogens with zero attached hydrogens (tertiary/aromatic N) is 3. The second-order valence-corrected chi connectivity index (χ2v) is 5.64. The summed E-state index contributed by atoms with van der Waals surface area (Å²) >= 11 is 0. The SMILES string of the molecule is CO[C@H]1CN(C(=O)c2ncoc2C)C[C@H]1Cc1cc(C)no1. The number of hydrogen-bond donors (Lipinski definition) is 0. The molecule has 1 aliphatic rings. The van der Waals surface area contributed by atoms with E-state index in [2.05, 4.69) is 10.1 Å². The van der Waals surface area contributed by atoms with Crippen LogP contribution in [-0.4, -0.2) is 47.3 Å². The monoisotopic (exact) mass is 305 g/mol. The van der Waals surface area contributed by atoms with Gasteiger partial charge in [0.15, 0.2) is 12.1 Å². The van der Waals surface area contributed by atoms with E-state index in [1.807, 2.05) is 13.0 Å². The van der Waals surface area contributed by atoms with E-state index in [1.165, 1.54) is 6.39 Å². The van der Waals surface area contributed by atoms with Crippen LogP contribution in [0.5, 0.6) is 0 Å². The van der Waals surface area contributed by atoms with E-state index in [0.29, 0.717) is 31.0 Å². The van der Waals surface area contributed by atoms with Gasteiger partial charge < -0.3 is 18.6 Å². The number of carbonyl (C=O) groups is 1. The first kappa shape index (κ1) is 14.8. The van der Waals surface area contributed by atoms with Crippen molar-refractivity contribution in [2.45, 2.75) is 26.4 Å². The molecule has 0 bridgehead atoms. The fraction of sp³-hybridized carbons (Fsp3) is 0.533. The van der Waals surface area contributed by atoms with Gasteiger partial charge in [-0.05, 0) is 13.8 Å². The van der Waals surface area contributed by atoms with E-state index in [4.69, 9.17) is 13.7 Å². The Kier molecular flexibility index (Phi) is 3.98. The summed E-state index contributed by atoms with van der Waals surface area (Å²) in [6, 6.07) is 1.92. The van der Waals surface area contributed by atoms with E-state index in [-0.39, 0.29) is 17.9 Å². The number of methoxy groups -OCH3 is 1. The smallest absolute Gasteiger partial charge is 0.276 e.